The van der Waals surface area contributed by atoms with E-state index in [0.717, 1.165) is 28.4 Å². The van der Waals surface area contributed by atoms with Gasteiger partial charge >= 0.3 is 5.97 Å². The maximum Gasteiger partial charge on any atom is 0.305 e. The highest BCUT2D eigenvalue weighted by atomic mass is 16.6. The molecule has 1 fully saturated rings. The van der Waals surface area contributed by atoms with Crippen molar-refractivity contribution in [3.63, 3.8) is 0 Å². The number of aryl methyl sites for hydroxylation is 1. The van der Waals surface area contributed by atoms with Crippen LogP contribution < -0.4 is 0 Å². The third-order valence-electron chi connectivity index (χ3n) is 7.02. The number of nitrogens with zero attached hydrogens (tertiary/aromatic N) is 1. The average molecular weight is 558 g/mol. The van der Waals surface area contributed by atoms with Crippen LogP contribution in [-0.4, -0.2) is 92.3 Å². The zero-order chi connectivity index (χ0) is 29.0. The number of aliphatic hydroxyl groups is 4. The lowest BCUT2D eigenvalue weighted by Crippen LogP contribution is -2.58. The summed E-state index contributed by atoms with van der Waals surface area (Å²) in [5.74, 6) is -0.00124. The number of ketones is 1. The van der Waals surface area contributed by atoms with Gasteiger partial charge in [-0.1, -0.05) is 0 Å². The maximum atomic E-state index is 13.0. The largest absolute Gasteiger partial charge is 0.494 e. The van der Waals surface area contributed by atoms with Crippen LogP contribution in [-0.2, 0) is 19.0 Å². The van der Waals surface area contributed by atoms with Crippen molar-refractivity contribution in [2.45, 2.75) is 70.2 Å². The van der Waals surface area contributed by atoms with E-state index in [2.05, 4.69) is 15.0 Å². The summed E-state index contributed by atoms with van der Waals surface area (Å²) >= 11 is 0. The van der Waals surface area contributed by atoms with E-state index in [1.54, 1.807) is 7.11 Å². The van der Waals surface area contributed by atoms with Gasteiger partial charge in [-0.3, -0.25) is 9.59 Å². The number of aromatic nitrogens is 2. The van der Waals surface area contributed by atoms with Crippen molar-refractivity contribution in [3.05, 3.63) is 64.1 Å². The number of ether oxygens (including phenoxy) is 3. The molecule has 0 aromatic carbocycles. The molecule has 5 unspecified atom stereocenters. The van der Waals surface area contributed by atoms with Gasteiger partial charge in [0.1, 0.15) is 42.5 Å². The molecule has 2 aromatic heterocycles. The molecule has 0 aliphatic carbocycles. The molecule has 0 radical (unpaired) electrons. The minimum atomic E-state index is -1.70. The van der Waals surface area contributed by atoms with Gasteiger partial charge in [0.15, 0.2) is 12.1 Å². The second-order valence-corrected chi connectivity index (χ2v) is 9.84. The van der Waals surface area contributed by atoms with Crippen LogP contribution >= 0.6 is 0 Å². The van der Waals surface area contributed by atoms with Gasteiger partial charge in [0.2, 0.25) is 0 Å². The molecule has 5 atom stereocenters. The van der Waals surface area contributed by atoms with Crippen LogP contribution in [0.1, 0.15) is 58.7 Å². The Morgan fingerprint density at radius 2 is 1.85 bits per heavy atom. The van der Waals surface area contributed by atoms with Crippen LogP contribution in [0.25, 0.3) is 6.08 Å². The molecule has 4 heterocycles. The number of aliphatic imine (C=N–C) groups is 1. The van der Waals surface area contributed by atoms with Crippen molar-refractivity contribution in [1.82, 2.24) is 9.97 Å². The lowest BCUT2D eigenvalue weighted by atomic mass is 9.99. The summed E-state index contributed by atoms with van der Waals surface area (Å²) in [6.07, 6.45) is -1.00. The van der Waals surface area contributed by atoms with Crippen molar-refractivity contribution in [1.29, 1.82) is 0 Å². The summed E-state index contributed by atoms with van der Waals surface area (Å²) in [6.45, 7) is 3.32. The first-order valence-electron chi connectivity index (χ1n) is 13.1. The number of nitrogens with one attached hydrogen (secondary N) is 2. The number of rotatable bonds is 11. The Kier molecular flexibility index (Phi) is 9.38. The van der Waals surface area contributed by atoms with Gasteiger partial charge in [0.05, 0.1) is 18.5 Å². The Morgan fingerprint density at radius 1 is 1.10 bits per heavy atom. The van der Waals surface area contributed by atoms with Gasteiger partial charge in [0.25, 0.3) is 0 Å². The highest BCUT2D eigenvalue weighted by Gasteiger charge is 2.43. The number of esters is 1. The summed E-state index contributed by atoms with van der Waals surface area (Å²) in [4.78, 5) is 36.2. The van der Waals surface area contributed by atoms with E-state index in [1.165, 1.54) is 0 Å². The Morgan fingerprint density at radius 3 is 2.55 bits per heavy atom. The minimum absolute atomic E-state index is 0.0412. The average Bonchev–Trinajstić information content (AvgIpc) is 3.66. The lowest BCUT2D eigenvalue weighted by Gasteiger charge is -2.37. The van der Waals surface area contributed by atoms with Gasteiger partial charge in [-0.25, -0.2) is 4.99 Å². The monoisotopic (exact) mass is 557 g/mol. The number of aliphatic hydroxyl groups excluding tert-OH is 4. The van der Waals surface area contributed by atoms with Crippen LogP contribution in [0.2, 0.25) is 0 Å². The number of hydrogen-bond donors (Lipinski definition) is 6. The first kappa shape index (κ1) is 29.4. The number of H-pyrrole nitrogens is 2. The molecule has 12 nitrogen and oxygen atoms in total. The van der Waals surface area contributed by atoms with Gasteiger partial charge in [-0.05, 0) is 50.5 Å². The lowest BCUT2D eigenvalue weighted by molar-refractivity contribution is -0.287. The molecule has 12 heteroatoms. The zero-order valence-corrected chi connectivity index (χ0v) is 22.6. The summed E-state index contributed by atoms with van der Waals surface area (Å²) in [7, 11) is 1.58. The number of aromatic amines is 2. The first-order valence-corrected chi connectivity index (χ1v) is 13.1. The standard InChI is InChI=1S/C28H35N3O9/c1-14-17(11-19-21(38-3)12-18(31-19)16-7-6-10-29-16)30-15(2)24(14)20(32)8-4-5-9-23(33)39-13-22-25(34)26(35)27(36)28(37)40-22/h6-7,10-12,22,25-30,34-37H,4-5,8-9,13H2,1-3H3/b19-11-. The van der Waals surface area contributed by atoms with E-state index >= 15 is 0 Å². The third kappa shape index (κ3) is 6.43. The second kappa shape index (κ2) is 12.7. The molecule has 2 aliphatic heterocycles. The molecule has 0 amide bonds. The number of methoxy groups -OCH3 is 1. The van der Waals surface area contributed by atoms with E-state index in [-0.39, 0.29) is 18.6 Å². The quantitative estimate of drug-likeness (QED) is 0.135. The van der Waals surface area contributed by atoms with E-state index in [1.807, 2.05) is 44.3 Å². The number of carbonyl (C=O) groups excluding carboxylic acids is 2. The Bertz CT molecular complexity index is 1310. The molecule has 0 bridgehead atoms. The zero-order valence-electron chi connectivity index (χ0n) is 22.6. The molecular formula is C28H35N3O9. The smallest absolute Gasteiger partial charge is 0.305 e. The summed E-state index contributed by atoms with van der Waals surface area (Å²) in [5, 5.41) is 38.7. The number of hydrogen-bond acceptors (Lipinski definition) is 10. The molecule has 2 aliphatic rings. The SMILES string of the molecule is COC1=CC(c2ccc[nH]2)=N/C1=C\c1[nH]c(C)c(C(=O)CCCCC(=O)OCC2OC(O)C(O)C(O)C2O)c1C. The number of allylic oxidation sites excluding steroid dienone is 1. The Balaban J connectivity index is 1.28. The third-order valence-corrected chi connectivity index (χ3v) is 7.02. The number of unbranched alkanes of at least 4 members (excludes halogenated alkanes) is 1. The summed E-state index contributed by atoms with van der Waals surface area (Å²) < 4.78 is 15.6. The topological polar surface area (TPSA) is 187 Å². The second-order valence-electron chi connectivity index (χ2n) is 9.84. The molecule has 216 valence electrons. The molecule has 1 saturated heterocycles. The predicted molar refractivity (Wildman–Crippen MR) is 143 cm³/mol. The van der Waals surface area contributed by atoms with E-state index in [0.29, 0.717) is 29.9 Å². The van der Waals surface area contributed by atoms with Crippen molar-refractivity contribution in [2.24, 2.45) is 4.99 Å². The molecule has 6 N–H and O–H groups in total. The molecule has 0 saturated carbocycles. The van der Waals surface area contributed by atoms with Gasteiger partial charge < -0.3 is 44.6 Å². The first-order chi connectivity index (χ1) is 19.1. The van der Waals surface area contributed by atoms with Crippen molar-refractivity contribution in [3.8, 4) is 0 Å². The molecule has 40 heavy (non-hydrogen) atoms. The normalized spacial score (nSPS) is 25.6. The number of carbonyl (C=O) groups is 2. The fourth-order valence-corrected chi connectivity index (χ4v) is 4.78. The van der Waals surface area contributed by atoms with Crippen LogP contribution in [0, 0.1) is 13.8 Å². The molecule has 2 aromatic rings. The summed E-state index contributed by atoms with van der Waals surface area (Å²) in [5.41, 5.74) is 5.16. The number of Topliss-reactive ketones (excluding diaryl/α,β-unsaturated/α-hetero) is 1. The molecule has 4 rings (SSSR count). The van der Waals surface area contributed by atoms with Crippen LogP contribution in [0.5, 0.6) is 0 Å². The van der Waals surface area contributed by atoms with Crippen LogP contribution in [0.15, 0.2) is 40.9 Å². The molecule has 0 spiro atoms. The maximum absolute atomic E-state index is 13.0. The Hall–Kier alpha value is -3.55. The highest BCUT2D eigenvalue weighted by molar-refractivity contribution is 6.11. The van der Waals surface area contributed by atoms with Crippen molar-refractivity contribution in [2.75, 3.05) is 13.7 Å². The van der Waals surface area contributed by atoms with Gasteiger partial charge in [-0.2, -0.15) is 0 Å². The Labute approximate surface area is 231 Å². The fourth-order valence-electron chi connectivity index (χ4n) is 4.78. The van der Waals surface area contributed by atoms with E-state index in [4.69, 9.17) is 14.2 Å². The fraction of sp³-hybridized carbons (Fsp3) is 0.464. The predicted octanol–water partition coefficient (Wildman–Crippen LogP) is 1.42. The molecular weight excluding hydrogens is 522 g/mol. The minimum Gasteiger partial charge on any atom is -0.494 e. The van der Waals surface area contributed by atoms with Gasteiger partial charge in [-0.15, -0.1) is 0 Å². The highest BCUT2D eigenvalue weighted by Crippen LogP contribution is 2.28. The van der Waals surface area contributed by atoms with Crippen molar-refractivity contribution >= 4 is 23.5 Å². The van der Waals surface area contributed by atoms with Crippen LogP contribution in [0.4, 0.5) is 0 Å². The summed E-state index contributed by atoms with van der Waals surface area (Å²) in [6, 6.07) is 3.81. The van der Waals surface area contributed by atoms with Gasteiger partial charge in [0, 0.05) is 42.1 Å². The van der Waals surface area contributed by atoms with Crippen LogP contribution in [0.3, 0.4) is 0 Å². The van der Waals surface area contributed by atoms with Crippen molar-refractivity contribution < 1.29 is 44.2 Å². The van der Waals surface area contributed by atoms with E-state index in [9.17, 15) is 30.0 Å². The van der Waals surface area contributed by atoms with E-state index < -0.39 is 43.3 Å².